The summed E-state index contributed by atoms with van der Waals surface area (Å²) in [5.74, 6) is -5.59. The number of hydrogen-bond donors (Lipinski definition) is 3. The lowest BCUT2D eigenvalue weighted by molar-refractivity contribution is 0.420. The highest BCUT2D eigenvalue weighted by Gasteiger charge is 2.20. The minimum Gasteiger partial charge on any atom is -0.505 e. The van der Waals surface area contributed by atoms with E-state index in [9.17, 15) is 30.7 Å². The molecule has 5 rings (SSSR count). The molecule has 0 radical (unpaired) electrons. The van der Waals surface area contributed by atoms with E-state index in [-0.39, 0.29) is 28.3 Å². The Morgan fingerprint density at radius 1 is 0.510 bits per heavy atom. The maximum atomic E-state index is 13.7. The van der Waals surface area contributed by atoms with Crippen LogP contribution in [0.4, 0.5) is 30.7 Å². The van der Waals surface area contributed by atoms with Crippen molar-refractivity contribution in [1.29, 1.82) is 0 Å². The molecule has 5 aromatic rings. The van der Waals surface area contributed by atoms with Crippen LogP contribution >= 0.6 is 31.9 Å². The molecule has 0 spiro atoms. The molecule has 0 atom stereocenters. The average molecular weight is 846 g/mol. The Morgan fingerprint density at radius 2 is 0.941 bits per heavy atom. The summed E-state index contributed by atoms with van der Waals surface area (Å²) >= 11 is 6.20. The molecule has 0 heterocycles. The number of aromatic hydroxyl groups is 1. The molecule has 0 aromatic heterocycles. The van der Waals surface area contributed by atoms with Crippen LogP contribution in [0.1, 0.15) is 22.3 Å². The van der Waals surface area contributed by atoms with Crippen LogP contribution in [0.5, 0.6) is 5.75 Å². The van der Waals surface area contributed by atoms with Crippen LogP contribution in [0.3, 0.4) is 0 Å². The lowest BCUT2D eigenvalue weighted by Gasteiger charge is -2.07. The van der Waals surface area contributed by atoms with Crippen molar-refractivity contribution in [3.63, 3.8) is 0 Å². The lowest BCUT2D eigenvalue weighted by Crippen LogP contribution is -2.33. The van der Waals surface area contributed by atoms with Crippen molar-refractivity contribution in [2.45, 2.75) is 27.7 Å². The van der Waals surface area contributed by atoms with E-state index >= 15 is 0 Å². The van der Waals surface area contributed by atoms with Gasteiger partial charge < -0.3 is 15.2 Å². The Kier molecular flexibility index (Phi) is 19.4. The van der Waals surface area contributed by atoms with Gasteiger partial charge in [0.2, 0.25) is 0 Å². The van der Waals surface area contributed by atoms with Gasteiger partial charge in [-0.05, 0) is 91.9 Å². The van der Waals surface area contributed by atoms with Gasteiger partial charge >= 0.3 is 7.12 Å². The molecule has 0 aliphatic rings. The molecule has 5 nitrogen and oxygen atoms in total. The molecule has 51 heavy (non-hydrogen) atoms. The maximum Gasteiger partial charge on any atom is 0.491 e. The summed E-state index contributed by atoms with van der Waals surface area (Å²) < 4.78 is 92.3. The Labute approximate surface area is 308 Å². The zero-order valence-corrected chi connectivity index (χ0v) is 31.4. The highest BCUT2D eigenvalue weighted by atomic mass is 79.9. The van der Waals surface area contributed by atoms with Crippen LogP contribution in [0.2, 0.25) is 0 Å². The van der Waals surface area contributed by atoms with Crippen molar-refractivity contribution in [3.8, 4) is 16.9 Å². The summed E-state index contributed by atoms with van der Waals surface area (Å²) in [6, 6.07) is 18.8. The third kappa shape index (κ3) is 14.6. The fourth-order valence-corrected chi connectivity index (χ4v) is 4.20. The van der Waals surface area contributed by atoms with Crippen LogP contribution in [-0.2, 0) is 0 Å². The van der Waals surface area contributed by atoms with Crippen molar-refractivity contribution in [1.82, 2.24) is 0 Å². The number of aryl methyl sites for hydroxylation is 4. The predicted molar refractivity (Wildman–Crippen MR) is 193 cm³/mol. The molecule has 0 bridgehead atoms. The summed E-state index contributed by atoms with van der Waals surface area (Å²) in [6.07, 6.45) is 0. The number of phenols is 1. The van der Waals surface area contributed by atoms with Crippen LogP contribution in [0.15, 0.2) is 98.0 Å². The summed E-state index contributed by atoms with van der Waals surface area (Å²) in [4.78, 5) is 0. The number of nitrogens with zero attached hydrogens (tertiary/aromatic N) is 2. The molecular formula is C36H34BBr2F7N2O3. The van der Waals surface area contributed by atoms with Crippen molar-refractivity contribution in [2.24, 2.45) is 10.2 Å². The van der Waals surface area contributed by atoms with Crippen LogP contribution in [0, 0.1) is 68.4 Å². The zero-order valence-electron chi connectivity index (χ0n) is 28.2. The first kappa shape index (κ1) is 45.0. The Balaban J connectivity index is 0.000000339. The van der Waals surface area contributed by atoms with Gasteiger partial charge in [-0.15, -0.1) is 0 Å². The topological polar surface area (TPSA) is 85.4 Å². The molecule has 0 unspecified atom stereocenters. The summed E-state index contributed by atoms with van der Waals surface area (Å²) in [6.45, 7) is 6.23. The second-order valence-corrected chi connectivity index (χ2v) is 12.2. The second kappa shape index (κ2) is 22.0. The number of benzene rings is 5. The highest BCUT2D eigenvalue weighted by Crippen LogP contribution is 2.27. The van der Waals surface area contributed by atoms with E-state index < -0.39 is 47.5 Å². The monoisotopic (exact) mass is 844 g/mol. The standard InChI is InChI=1S/C14H11F3.C7H7BF2O2.C7H6BrF.C6H4BrFO.C2H6N2/c1-8-3-5-10(7-12(8)15)11-6-4-9(2)13(16)14(11)17;1-4-2-3-5(8(11)12)7(10)6(4)9;1-5-2-3-6(8)4-7(5)9;7-4-1-2-6(9)5(8)3-4;1-3-4-2/h3-7H,1-2H3;2-3,11-12H,1H3;2-4H,1H3;1-3,9H;1-2H3. The zero-order chi connectivity index (χ0) is 39.0. The summed E-state index contributed by atoms with van der Waals surface area (Å²) in [5.41, 5.74) is 1.49. The van der Waals surface area contributed by atoms with Gasteiger partial charge in [-0.1, -0.05) is 74.3 Å². The number of phenolic OH excluding ortho intramolecular Hbond substituents is 1. The second-order valence-electron chi connectivity index (χ2n) is 10.4. The molecule has 15 heteroatoms. The third-order valence-electron chi connectivity index (χ3n) is 6.59. The third-order valence-corrected chi connectivity index (χ3v) is 7.57. The van der Waals surface area contributed by atoms with Gasteiger partial charge in [-0.25, -0.2) is 30.7 Å². The van der Waals surface area contributed by atoms with E-state index in [4.69, 9.17) is 15.2 Å². The van der Waals surface area contributed by atoms with Gasteiger partial charge in [0.25, 0.3) is 0 Å². The van der Waals surface area contributed by atoms with Crippen molar-refractivity contribution in [3.05, 3.63) is 151 Å². The first-order chi connectivity index (χ1) is 23.9. The first-order valence-corrected chi connectivity index (χ1v) is 16.2. The summed E-state index contributed by atoms with van der Waals surface area (Å²) in [7, 11) is 1.31. The van der Waals surface area contributed by atoms with E-state index in [1.165, 1.54) is 56.3 Å². The number of rotatable bonds is 2. The van der Waals surface area contributed by atoms with E-state index in [2.05, 4.69) is 42.1 Å². The van der Waals surface area contributed by atoms with E-state index in [0.29, 0.717) is 21.2 Å². The molecule has 0 aliphatic carbocycles. The largest absolute Gasteiger partial charge is 0.505 e. The normalized spacial score (nSPS) is 10.1. The SMILES string of the molecule is CN=NC.Cc1ccc(-c2ccc(C)c(F)c2F)cc1F.Cc1ccc(B(O)O)c(F)c1F.Cc1ccc(Br)cc1F.Oc1ccc(Br)cc1F. The molecule has 0 aliphatic heterocycles. The number of halogens is 9. The van der Waals surface area contributed by atoms with Gasteiger partial charge in [0.05, 0.1) is 0 Å². The summed E-state index contributed by atoms with van der Waals surface area (Å²) in [5, 5.41) is 32.5. The average Bonchev–Trinajstić information content (AvgIpc) is 3.08. The van der Waals surface area contributed by atoms with E-state index in [1.807, 2.05) is 6.07 Å². The molecule has 3 N–H and O–H groups in total. The molecule has 5 aromatic carbocycles. The molecule has 0 saturated carbocycles. The van der Waals surface area contributed by atoms with Crippen molar-refractivity contribution in [2.75, 3.05) is 14.1 Å². The van der Waals surface area contributed by atoms with E-state index in [1.54, 1.807) is 52.2 Å². The van der Waals surface area contributed by atoms with Crippen LogP contribution in [-0.4, -0.2) is 36.4 Å². The molecule has 0 saturated heterocycles. The fraction of sp³-hybridized carbons (Fsp3) is 0.167. The molecule has 0 fully saturated rings. The lowest BCUT2D eigenvalue weighted by atomic mass is 9.79. The number of hydrogen-bond acceptors (Lipinski definition) is 5. The van der Waals surface area contributed by atoms with Crippen molar-refractivity contribution >= 4 is 44.4 Å². The van der Waals surface area contributed by atoms with Gasteiger partial charge in [-0.2, -0.15) is 10.2 Å². The maximum absolute atomic E-state index is 13.7. The van der Waals surface area contributed by atoms with E-state index in [0.717, 1.165) is 10.5 Å². The van der Waals surface area contributed by atoms with Gasteiger partial charge in [0.15, 0.2) is 34.8 Å². The minimum atomic E-state index is -1.97. The van der Waals surface area contributed by atoms with Gasteiger partial charge in [0.1, 0.15) is 11.6 Å². The molecule has 272 valence electrons. The Morgan fingerprint density at radius 3 is 1.37 bits per heavy atom. The Bertz CT molecular complexity index is 1880. The fourth-order valence-electron chi connectivity index (χ4n) is 3.54. The molecular weight excluding hydrogens is 812 g/mol. The van der Waals surface area contributed by atoms with Crippen LogP contribution in [0.25, 0.3) is 11.1 Å². The first-order valence-electron chi connectivity index (χ1n) is 14.6. The van der Waals surface area contributed by atoms with Crippen molar-refractivity contribution < 1.29 is 45.9 Å². The smallest absolute Gasteiger partial charge is 0.491 e. The quantitative estimate of drug-likeness (QED) is 0.0940. The predicted octanol–water partition coefficient (Wildman–Crippen LogP) is 10.2. The Hall–Kier alpha value is -4.05. The van der Waals surface area contributed by atoms with Gasteiger partial charge in [-0.3, -0.25) is 0 Å². The minimum absolute atomic E-state index is 0.0759. The highest BCUT2D eigenvalue weighted by molar-refractivity contribution is 9.10. The van der Waals surface area contributed by atoms with Crippen LogP contribution < -0.4 is 5.46 Å². The van der Waals surface area contributed by atoms with Gasteiger partial charge in [0, 0.05) is 34.1 Å². The number of azo groups is 1. The molecule has 0 amide bonds.